The zero-order valence-electron chi connectivity index (χ0n) is 15.9. The lowest BCUT2D eigenvalue weighted by Gasteiger charge is -2.29. The van der Waals surface area contributed by atoms with E-state index in [1.807, 2.05) is 39.0 Å². The summed E-state index contributed by atoms with van der Waals surface area (Å²) in [5.41, 5.74) is 3.41. The SMILES string of the molecule is CCCN1C(=O)COc2ccc(NC(=O)COc3cccc(C)c3C)cc21. The highest BCUT2D eigenvalue weighted by Gasteiger charge is 2.25. The van der Waals surface area contributed by atoms with Crippen molar-refractivity contribution >= 4 is 23.2 Å². The fourth-order valence-electron chi connectivity index (χ4n) is 2.97. The van der Waals surface area contributed by atoms with Crippen LogP contribution in [-0.4, -0.2) is 31.6 Å². The number of nitrogens with zero attached hydrogens (tertiary/aromatic N) is 1. The van der Waals surface area contributed by atoms with Crippen LogP contribution >= 0.6 is 0 Å². The van der Waals surface area contributed by atoms with E-state index in [0.29, 0.717) is 29.4 Å². The number of anilines is 2. The standard InChI is InChI=1S/C21H24N2O4/c1-4-10-23-17-11-16(8-9-19(17)27-13-21(23)25)22-20(24)12-26-18-7-5-6-14(2)15(18)3/h5-9,11H,4,10,12-13H2,1-3H3,(H,22,24). The lowest BCUT2D eigenvalue weighted by molar-refractivity contribution is -0.121. The first-order valence-corrected chi connectivity index (χ1v) is 9.05. The molecule has 2 aromatic rings. The first kappa shape index (κ1) is 18.8. The number of rotatable bonds is 6. The quantitative estimate of drug-likeness (QED) is 0.848. The predicted molar refractivity (Wildman–Crippen MR) is 105 cm³/mol. The van der Waals surface area contributed by atoms with E-state index in [1.54, 1.807) is 23.1 Å². The van der Waals surface area contributed by atoms with Crippen LogP contribution in [0.3, 0.4) is 0 Å². The zero-order chi connectivity index (χ0) is 19.4. The number of amides is 2. The Balaban J connectivity index is 1.68. The van der Waals surface area contributed by atoms with Crippen LogP contribution in [0.5, 0.6) is 11.5 Å². The summed E-state index contributed by atoms with van der Waals surface area (Å²) in [5.74, 6) is 1.00. The van der Waals surface area contributed by atoms with Crippen molar-refractivity contribution in [3.63, 3.8) is 0 Å². The molecule has 0 atom stereocenters. The average molecular weight is 368 g/mol. The Labute approximate surface area is 159 Å². The number of nitrogens with one attached hydrogen (secondary N) is 1. The van der Waals surface area contributed by atoms with Gasteiger partial charge in [0.05, 0.1) is 5.69 Å². The molecule has 6 heteroatoms. The van der Waals surface area contributed by atoms with Crippen LogP contribution in [0, 0.1) is 13.8 Å². The summed E-state index contributed by atoms with van der Waals surface area (Å²) in [6.45, 7) is 6.55. The fraction of sp³-hybridized carbons (Fsp3) is 0.333. The number of fused-ring (bicyclic) bond motifs is 1. The lowest BCUT2D eigenvalue weighted by atomic mass is 10.1. The van der Waals surface area contributed by atoms with Gasteiger partial charge in [-0.25, -0.2) is 0 Å². The van der Waals surface area contributed by atoms with Gasteiger partial charge in [-0.05, 0) is 55.7 Å². The first-order valence-electron chi connectivity index (χ1n) is 9.05. The van der Waals surface area contributed by atoms with Crippen molar-refractivity contribution in [3.05, 3.63) is 47.5 Å². The molecule has 0 spiro atoms. The lowest BCUT2D eigenvalue weighted by Crippen LogP contribution is -2.39. The molecule has 1 heterocycles. The second kappa shape index (κ2) is 8.12. The molecule has 0 bridgehead atoms. The molecule has 27 heavy (non-hydrogen) atoms. The van der Waals surface area contributed by atoms with Crippen LogP contribution in [0.15, 0.2) is 36.4 Å². The molecular weight excluding hydrogens is 344 g/mol. The Kier molecular flexibility index (Phi) is 5.64. The minimum absolute atomic E-state index is 0.0440. The number of aryl methyl sites for hydroxylation is 1. The van der Waals surface area contributed by atoms with Gasteiger partial charge >= 0.3 is 0 Å². The van der Waals surface area contributed by atoms with Crippen LogP contribution in [0.25, 0.3) is 0 Å². The third kappa shape index (κ3) is 4.22. The minimum Gasteiger partial charge on any atom is -0.483 e. The van der Waals surface area contributed by atoms with E-state index in [1.165, 1.54) is 0 Å². The highest BCUT2D eigenvalue weighted by atomic mass is 16.5. The van der Waals surface area contributed by atoms with Gasteiger partial charge in [-0.15, -0.1) is 0 Å². The van der Waals surface area contributed by atoms with E-state index in [0.717, 1.165) is 17.5 Å². The summed E-state index contributed by atoms with van der Waals surface area (Å²) in [6, 6.07) is 11.0. The minimum atomic E-state index is -0.263. The summed E-state index contributed by atoms with van der Waals surface area (Å²) in [6.07, 6.45) is 0.839. The third-order valence-corrected chi connectivity index (χ3v) is 4.55. The van der Waals surface area contributed by atoms with Gasteiger partial charge < -0.3 is 19.7 Å². The molecule has 0 radical (unpaired) electrons. The molecule has 1 aliphatic heterocycles. The molecule has 142 valence electrons. The number of carbonyl (C=O) groups is 2. The normalized spacial score (nSPS) is 13.0. The Bertz CT molecular complexity index is 863. The zero-order valence-corrected chi connectivity index (χ0v) is 15.9. The fourth-order valence-corrected chi connectivity index (χ4v) is 2.97. The van der Waals surface area contributed by atoms with Crippen LogP contribution < -0.4 is 19.7 Å². The van der Waals surface area contributed by atoms with Gasteiger partial charge in [-0.2, -0.15) is 0 Å². The smallest absolute Gasteiger partial charge is 0.265 e. The Morgan fingerprint density at radius 1 is 1.26 bits per heavy atom. The molecule has 6 nitrogen and oxygen atoms in total. The average Bonchev–Trinajstić information content (AvgIpc) is 2.65. The number of carbonyl (C=O) groups excluding carboxylic acids is 2. The second-order valence-electron chi connectivity index (χ2n) is 6.55. The van der Waals surface area contributed by atoms with Crippen molar-refractivity contribution in [2.45, 2.75) is 27.2 Å². The molecule has 2 amide bonds. The summed E-state index contributed by atoms with van der Waals surface area (Å²) in [7, 11) is 0. The highest BCUT2D eigenvalue weighted by Crippen LogP contribution is 2.34. The van der Waals surface area contributed by atoms with Gasteiger partial charge in [-0.1, -0.05) is 19.1 Å². The summed E-state index contributed by atoms with van der Waals surface area (Å²) in [4.78, 5) is 26.1. The third-order valence-electron chi connectivity index (χ3n) is 4.55. The predicted octanol–water partition coefficient (Wildman–Crippen LogP) is 3.46. The summed E-state index contributed by atoms with van der Waals surface area (Å²) in [5, 5.41) is 2.82. The number of benzene rings is 2. The van der Waals surface area contributed by atoms with E-state index in [-0.39, 0.29) is 25.0 Å². The largest absolute Gasteiger partial charge is 0.483 e. The molecule has 0 aromatic heterocycles. The number of hydrogen-bond donors (Lipinski definition) is 1. The maximum Gasteiger partial charge on any atom is 0.265 e. The van der Waals surface area contributed by atoms with E-state index >= 15 is 0 Å². The van der Waals surface area contributed by atoms with Crippen LogP contribution in [0.1, 0.15) is 24.5 Å². The molecule has 0 saturated carbocycles. The van der Waals surface area contributed by atoms with Gasteiger partial charge in [0.2, 0.25) is 0 Å². The second-order valence-corrected chi connectivity index (χ2v) is 6.55. The number of hydrogen-bond acceptors (Lipinski definition) is 4. The highest BCUT2D eigenvalue weighted by molar-refractivity contribution is 5.99. The van der Waals surface area contributed by atoms with Gasteiger partial charge in [0.25, 0.3) is 11.8 Å². The molecule has 0 saturated heterocycles. The molecule has 3 rings (SSSR count). The molecule has 0 aliphatic carbocycles. The van der Waals surface area contributed by atoms with Gasteiger partial charge in [-0.3, -0.25) is 9.59 Å². The Hall–Kier alpha value is -3.02. The van der Waals surface area contributed by atoms with Crippen LogP contribution in [-0.2, 0) is 9.59 Å². The monoisotopic (exact) mass is 368 g/mol. The van der Waals surface area contributed by atoms with E-state index in [9.17, 15) is 9.59 Å². The molecule has 0 unspecified atom stereocenters. The molecule has 1 aliphatic rings. The molecule has 0 fully saturated rings. The Morgan fingerprint density at radius 3 is 2.85 bits per heavy atom. The van der Waals surface area contributed by atoms with Crippen molar-refractivity contribution in [1.29, 1.82) is 0 Å². The maximum absolute atomic E-state index is 12.3. The summed E-state index contributed by atoms with van der Waals surface area (Å²) >= 11 is 0. The van der Waals surface area contributed by atoms with Crippen molar-refractivity contribution in [1.82, 2.24) is 0 Å². The molecule has 2 aromatic carbocycles. The van der Waals surface area contributed by atoms with Crippen LogP contribution in [0.2, 0.25) is 0 Å². The van der Waals surface area contributed by atoms with E-state index in [4.69, 9.17) is 9.47 Å². The van der Waals surface area contributed by atoms with Gasteiger partial charge in [0.1, 0.15) is 11.5 Å². The van der Waals surface area contributed by atoms with E-state index in [2.05, 4.69) is 5.32 Å². The first-order chi connectivity index (χ1) is 13.0. The van der Waals surface area contributed by atoms with Gasteiger partial charge in [0, 0.05) is 12.2 Å². The summed E-state index contributed by atoms with van der Waals surface area (Å²) < 4.78 is 11.1. The van der Waals surface area contributed by atoms with Crippen molar-refractivity contribution in [2.75, 3.05) is 30.0 Å². The maximum atomic E-state index is 12.3. The van der Waals surface area contributed by atoms with E-state index < -0.39 is 0 Å². The molecular formula is C21H24N2O4. The Morgan fingerprint density at radius 2 is 2.07 bits per heavy atom. The van der Waals surface area contributed by atoms with Gasteiger partial charge in [0.15, 0.2) is 13.2 Å². The molecule has 1 N–H and O–H groups in total. The van der Waals surface area contributed by atoms with Crippen molar-refractivity contribution in [2.24, 2.45) is 0 Å². The van der Waals surface area contributed by atoms with Crippen molar-refractivity contribution in [3.8, 4) is 11.5 Å². The topological polar surface area (TPSA) is 67.9 Å². The van der Waals surface area contributed by atoms with Crippen molar-refractivity contribution < 1.29 is 19.1 Å². The van der Waals surface area contributed by atoms with Crippen LogP contribution in [0.4, 0.5) is 11.4 Å². The number of ether oxygens (including phenoxy) is 2.